The Kier molecular flexibility index (Phi) is 2.00. The number of hydrogen-bond donors (Lipinski definition) is 2. The van der Waals surface area contributed by atoms with Gasteiger partial charge < -0.3 is 19.9 Å². The summed E-state index contributed by atoms with van der Waals surface area (Å²) in [4.78, 5) is 11.1. The molecule has 0 spiro atoms. The monoisotopic (exact) mass is 221 g/mol. The largest absolute Gasteiger partial charge is 0.480 e. The van der Waals surface area contributed by atoms with Crippen LogP contribution in [0.1, 0.15) is 17.2 Å². The van der Waals surface area contributed by atoms with Gasteiger partial charge in [0.25, 0.3) is 0 Å². The fraction of sp³-hybridized carbons (Fsp3) is 0.364. The van der Waals surface area contributed by atoms with Crippen LogP contribution in [0.2, 0.25) is 0 Å². The average Bonchev–Trinajstić information content (AvgIpc) is 2.76. The molecule has 0 radical (unpaired) electrons. The van der Waals surface area contributed by atoms with Crippen molar-refractivity contribution in [3.8, 4) is 11.5 Å². The number of fused-ring (bicyclic) bond motifs is 3. The molecule has 1 aromatic carbocycles. The van der Waals surface area contributed by atoms with Gasteiger partial charge in [-0.15, -0.1) is 0 Å². The predicted octanol–water partition coefficient (Wildman–Crippen LogP) is 0.687. The minimum atomic E-state index is -0.861. The fourth-order valence-electron chi connectivity index (χ4n) is 2.25. The number of carboxylic acids is 1. The van der Waals surface area contributed by atoms with E-state index in [0.717, 1.165) is 17.5 Å². The molecule has 2 heterocycles. The standard InChI is InChI=1S/C11H11NO4/c13-11(14)9-6-1-2-8-10(16-5-15-8)7(6)3-4-12-9/h1-2,9,12H,3-5H2,(H,13,14). The summed E-state index contributed by atoms with van der Waals surface area (Å²) in [5.41, 5.74) is 1.74. The van der Waals surface area contributed by atoms with Crippen molar-refractivity contribution in [1.82, 2.24) is 5.32 Å². The van der Waals surface area contributed by atoms with E-state index in [1.807, 2.05) is 0 Å². The summed E-state index contributed by atoms with van der Waals surface area (Å²) in [6, 6.07) is 2.93. The van der Waals surface area contributed by atoms with Crippen molar-refractivity contribution >= 4 is 5.97 Å². The summed E-state index contributed by atoms with van der Waals surface area (Å²) in [7, 11) is 0. The molecular weight excluding hydrogens is 210 g/mol. The van der Waals surface area contributed by atoms with Gasteiger partial charge in [0.1, 0.15) is 6.04 Å². The van der Waals surface area contributed by atoms with Crippen LogP contribution >= 0.6 is 0 Å². The highest BCUT2D eigenvalue weighted by molar-refractivity contribution is 5.77. The van der Waals surface area contributed by atoms with Crippen LogP contribution in [0.5, 0.6) is 11.5 Å². The Bertz CT molecular complexity index is 458. The van der Waals surface area contributed by atoms with Gasteiger partial charge in [-0.05, 0) is 18.1 Å². The maximum Gasteiger partial charge on any atom is 0.325 e. The third-order valence-electron chi connectivity index (χ3n) is 2.96. The van der Waals surface area contributed by atoms with Crippen molar-refractivity contribution in [2.75, 3.05) is 13.3 Å². The molecule has 16 heavy (non-hydrogen) atoms. The van der Waals surface area contributed by atoms with E-state index in [1.54, 1.807) is 12.1 Å². The first-order valence-corrected chi connectivity index (χ1v) is 5.15. The summed E-state index contributed by atoms with van der Waals surface area (Å²) in [6.45, 7) is 0.862. The van der Waals surface area contributed by atoms with Gasteiger partial charge in [-0.25, -0.2) is 0 Å². The van der Waals surface area contributed by atoms with Gasteiger partial charge in [0.05, 0.1) is 0 Å². The van der Waals surface area contributed by atoms with Gasteiger partial charge in [-0.1, -0.05) is 6.07 Å². The Labute approximate surface area is 92.0 Å². The summed E-state index contributed by atoms with van der Waals surface area (Å²) in [6.07, 6.45) is 0.769. The van der Waals surface area contributed by atoms with Crippen LogP contribution in [0.25, 0.3) is 0 Å². The van der Waals surface area contributed by atoms with Crippen LogP contribution < -0.4 is 14.8 Å². The Balaban J connectivity index is 2.13. The molecule has 5 heteroatoms. The average molecular weight is 221 g/mol. The highest BCUT2D eigenvalue weighted by Gasteiger charge is 2.30. The highest BCUT2D eigenvalue weighted by Crippen LogP contribution is 2.40. The van der Waals surface area contributed by atoms with Gasteiger partial charge in [-0.2, -0.15) is 0 Å². The minimum absolute atomic E-state index is 0.219. The first-order chi connectivity index (χ1) is 7.77. The molecule has 1 atom stereocenters. The number of rotatable bonds is 1. The Morgan fingerprint density at radius 2 is 2.31 bits per heavy atom. The molecule has 0 aromatic heterocycles. The molecule has 2 N–H and O–H groups in total. The normalized spacial score (nSPS) is 21.6. The number of benzene rings is 1. The van der Waals surface area contributed by atoms with E-state index in [-0.39, 0.29) is 6.79 Å². The van der Waals surface area contributed by atoms with E-state index < -0.39 is 12.0 Å². The number of carbonyl (C=O) groups is 1. The number of ether oxygens (including phenoxy) is 2. The maximum absolute atomic E-state index is 11.1. The Morgan fingerprint density at radius 1 is 1.44 bits per heavy atom. The zero-order chi connectivity index (χ0) is 11.1. The third kappa shape index (κ3) is 1.25. The van der Waals surface area contributed by atoms with Crippen molar-refractivity contribution < 1.29 is 19.4 Å². The lowest BCUT2D eigenvalue weighted by molar-refractivity contribution is -0.139. The quantitative estimate of drug-likeness (QED) is 0.730. The maximum atomic E-state index is 11.1. The van der Waals surface area contributed by atoms with Gasteiger partial charge in [0, 0.05) is 12.1 Å². The number of aliphatic carboxylic acids is 1. The predicted molar refractivity (Wildman–Crippen MR) is 54.6 cm³/mol. The molecule has 0 bridgehead atoms. The van der Waals surface area contributed by atoms with Gasteiger partial charge >= 0.3 is 5.97 Å². The summed E-state index contributed by atoms with van der Waals surface area (Å²) < 4.78 is 10.7. The van der Waals surface area contributed by atoms with Crippen molar-refractivity contribution in [2.24, 2.45) is 0 Å². The number of carboxylic acid groups (broad SMARTS) is 1. The second-order valence-electron chi connectivity index (χ2n) is 3.84. The SMILES string of the molecule is O=C(O)C1NCCc2c1ccc1c2OCO1. The Hall–Kier alpha value is -1.75. The molecule has 5 nitrogen and oxygen atoms in total. The first kappa shape index (κ1) is 9.47. The highest BCUT2D eigenvalue weighted by atomic mass is 16.7. The van der Waals surface area contributed by atoms with Crippen molar-refractivity contribution in [1.29, 1.82) is 0 Å². The van der Waals surface area contributed by atoms with Crippen LogP contribution in [0, 0.1) is 0 Å². The van der Waals surface area contributed by atoms with Gasteiger partial charge in [-0.3, -0.25) is 4.79 Å². The molecule has 0 amide bonds. The smallest absolute Gasteiger partial charge is 0.325 e. The molecule has 0 saturated carbocycles. The molecular formula is C11H11NO4. The summed E-state index contributed by atoms with van der Waals surface area (Å²) in [5.74, 6) is 0.565. The van der Waals surface area contributed by atoms with E-state index in [2.05, 4.69) is 5.32 Å². The van der Waals surface area contributed by atoms with E-state index in [1.165, 1.54) is 0 Å². The van der Waals surface area contributed by atoms with Crippen LogP contribution in [-0.4, -0.2) is 24.4 Å². The van der Waals surface area contributed by atoms with Crippen LogP contribution in [0.4, 0.5) is 0 Å². The zero-order valence-corrected chi connectivity index (χ0v) is 8.53. The second-order valence-corrected chi connectivity index (χ2v) is 3.84. The molecule has 0 aliphatic carbocycles. The fourth-order valence-corrected chi connectivity index (χ4v) is 2.25. The van der Waals surface area contributed by atoms with Crippen molar-refractivity contribution in [3.63, 3.8) is 0 Å². The number of nitrogens with one attached hydrogen (secondary N) is 1. The zero-order valence-electron chi connectivity index (χ0n) is 8.53. The lowest BCUT2D eigenvalue weighted by atomic mass is 9.93. The minimum Gasteiger partial charge on any atom is -0.480 e. The van der Waals surface area contributed by atoms with E-state index >= 15 is 0 Å². The lowest BCUT2D eigenvalue weighted by Gasteiger charge is -2.24. The molecule has 0 fully saturated rings. The van der Waals surface area contributed by atoms with E-state index in [0.29, 0.717) is 18.0 Å². The van der Waals surface area contributed by atoms with Crippen LogP contribution in [0.15, 0.2) is 12.1 Å². The van der Waals surface area contributed by atoms with Crippen molar-refractivity contribution in [3.05, 3.63) is 23.3 Å². The lowest BCUT2D eigenvalue weighted by Crippen LogP contribution is -2.35. The molecule has 84 valence electrons. The number of hydrogen-bond acceptors (Lipinski definition) is 4. The Morgan fingerprint density at radius 3 is 3.12 bits per heavy atom. The van der Waals surface area contributed by atoms with Crippen molar-refractivity contribution in [2.45, 2.75) is 12.5 Å². The van der Waals surface area contributed by atoms with Gasteiger partial charge in [0.2, 0.25) is 6.79 Å². The molecule has 3 rings (SSSR count). The summed E-state index contributed by atoms with van der Waals surface area (Å²) >= 11 is 0. The molecule has 0 saturated heterocycles. The third-order valence-corrected chi connectivity index (χ3v) is 2.96. The molecule has 1 aromatic rings. The molecule has 1 unspecified atom stereocenters. The van der Waals surface area contributed by atoms with E-state index in [9.17, 15) is 4.79 Å². The second kappa shape index (κ2) is 3.38. The molecule has 2 aliphatic rings. The van der Waals surface area contributed by atoms with Crippen LogP contribution in [0.3, 0.4) is 0 Å². The van der Waals surface area contributed by atoms with E-state index in [4.69, 9.17) is 14.6 Å². The topological polar surface area (TPSA) is 67.8 Å². The van der Waals surface area contributed by atoms with Crippen LogP contribution in [-0.2, 0) is 11.2 Å². The summed E-state index contributed by atoms with van der Waals surface area (Å²) in [5, 5.41) is 12.1. The molecule has 2 aliphatic heterocycles. The first-order valence-electron chi connectivity index (χ1n) is 5.15. The van der Waals surface area contributed by atoms with Gasteiger partial charge in [0.15, 0.2) is 11.5 Å².